The molecule has 0 aromatic heterocycles. The van der Waals surface area contributed by atoms with Crippen LogP contribution >= 0.6 is 0 Å². The van der Waals surface area contributed by atoms with Gasteiger partial charge in [-0.15, -0.1) is 0 Å². The largest absolute Gasteiger partial charge is 0.311 e. The number of hydrogen-bond donors (Lipinski definition) is 0. The van der Waals surface area contributed by atoms with E-state index in [1.54, 1.807) is 0 Å². The van der Waals surface area contributed by atoms with E-state index in [-0.39, 0.29) is 33.8 Å². The molecule has 2 heterocycles. The molecular formula is C61H65BN2. The molecule has 1 aliphatic carbocycles. The molecule has 2 nitrogen and oxygen atoms in total. The number of rotatable bonds is 3. The van der Waals surface area contributed by atoms with Gasteiger partial charge in [-0.3, -0.25) is 0 Å². The van der Waals surface area contributed by atoms with E-state index in [2.05, 4.69) is 246 Å². The van der Waals surface area contributed by atoms with Gasteiger partial charge in [-0.05, 0) is 142 Å². The van der Waals surface area contributed by atoms with Gasteiger partial charge in [0.1, 0.15) is 0 Å². The Balaban J connectivity index is 1.27. The van der Waals surface area contributed by atoms with Crippen LogP contribution in [-0.4, -0.2) is 6.71 Å². The van der Waals surface area contributed by atoms with Crippen LogP contribution in [0.15, 0.2) is 140 Å². The van der Waals surface area contributed by atoms with Crippen molar-refractivity contribution in [2.45, 2.75) is 124 Å². The lowest BCUT2D eigenvalue weighted by Gasteiger charge is -2.46. The molecule has 0 N–H and O–H groups in total. The fourth-order valence-corrected chi connectivity index (χ4v) is 10.9. The maximum atomic E-state index is 2.62. The van der Waals surface area contributed by atoms with Crippen LogP contribution in [-0.2, 0) is 27.1 Å². The quantitative estimate of drug-likeness (QED) is 0.164. The third-order valence-electron chi connectivity index (χ3n) is 14.7. The van der Waals surface area contributed by atoms with Crippen molar-refractivity contribution >= 4 is 57.2 Å². The van der Waals surface area contributed by atoms with E-state index < -0.39 is 0 Å². The molecule has 0 radical (unpaired) electrons. The van der Waals surface area contributed by atoms with Crippen LogP contribution in [0, 0.1) is 0 Å². The lowest BCUT2D eigenvalue weighted by Crippen LogP contribution is -2.61. The molecule has 0 saturated heterocycles. The molecule has 0 spiro atoms. The molecule has 0 fully saturated rings. The summed E-state index contributed by atoms with van der Waals surface area (Å²) in [6, 6.07) is 54.5. The number of anilines is 6. The van der Waals surface area contributed by atoms with Crippen LogP contribution in [0.3, 0.4) is 0 Å². The van der Waals surface area contributed by atoms with E-state index in [4.69, 9.17) is 0 Å². The van der Waals surface area contributed by atoms with Crippen molar-refractivity contribution < 1.29 is 0 Å². The zero-order valence-electron chi connectivity index (χ0n) is 40.8. The predicted octanol–water partition coefficient (Wildman–Crippen LogP) is 14.9. The van der Waals surface area contributed by atoms with Gasteiger partial charge in [0.05, 0.1) is 0 Å². The van der Waals surface area contributed by atoms with Gasteiger partial charge in [0.25, 0.3) is 6.71 Å². The highest BCUT2D eigenvalue weighted by Crippen LogP contribution is 2.53. The summed E-state index contributed by atoms with van der Waals surface area (Å²) in [6.07, 6.45) is 0. The minimum Gasteiger partial charge on any atom is -0.311 e. The Bertz CT molecular complexity index is 3010. The highest BCUT2D eigenvalue weighted by atomic mass is 15.2. The van der Waals surface area contributed by atoms with Gasteiger partial charge < -0.3 is 9.80 Å². The maximum Gasteiger partial charge on any atom is 0.252 e. The summed E-state index contributed by atoms with van der Waals surface area (Å²) in [6.45, 7) is 32.9. The summed E-state index contributed by atoms with van der Waals surface area (Å²) in [5, 5.41) is 0. The summed E-state index contributed by atoms with van der Waals surface area (Å²) in [7, 11) is 0. The highest BCUT2D eigenvalue weighted by Gasteiger charge is 2.45. The minimum atomic E-state index is -0.125. The summed E-state index contributed by atoms with van der Waals surface area (Å²) in [4.78, 5) is 5.22. The first-order valence-electron chi connectivity index (χ1n) is 23.6. The second-order valence-corrected chi connectivity index (χ2v) is 23.6. The molecule has 0 bridgehead atoms. The summed E-state index contributed by atoms with van der Waals surface area (Å²) >= 11 is 0. The Morgan fingerprint density at radius 2 is 0.859 bits per heavy atom. The Kier molecular flexibility index (Phi) is 9.29. The van der Waals surface area contributed by atoms with Crippen molar-refractivity contribution in [3.8, 4) is 22.3 Å². The molecule has 2 aliphatic heterocycles. The number of hydrogen-bond acceptors (Lipinski definition) is 2. The first-order valence-corrected chi connectivity index (χ1v) is 23.6. The second kappa shape index (κ2) is 14.1. The van der Waals surface area contributed by atoms with Crippen LogP contribution < -0.4 is 26.2 Å². The standard InChI is InChI=1S/C61H65BN2/c1-57(2,3)39-25-29-43(30-26-39)63-51-34-40(58(4,5)6)27-31-49(51)62-50-32-28-41(59(7,8)9)35-52(50)64(54-37-42(60(10,11)12)36-53(63)56(54)62)44-20-17-19-38(33-44)45-22-18-23-47-46-21-15-16-24-48(46)61(13,14)55(45)47/h15-37H,1-14H3. The Labute approximate surface area is 384 Å². The average molecular weight is 837 g/mol. The van der Waals surface area contributed by atoms with Gasteiger partial charge in [-0.25, -0.2) is 0 Å². The van der Waals surface area contributed by atoms with Gasteiger partial charge in [0.2, 0.25) is 0 Å². The van der Waals surface area contributed by atoms with Gasteiger partial charge in [0, 0.05) is 39.5 Å². The maximum absolute atomic E-state index is 2.62. The minimum absolute atomic E-state index is 0.0136. The normalized spacial score (nSPS) is 15.1. The van der Waals surface area contributed by atoms with E-state index in [0.29, 0.717) is 0 Å². The molecule has 0 unspecified atom stereocenters. The Morgan fingerprint density at radius 1 is 0.391 bits per heavy atom. The average Bonchev–Trinajstić information content (AvgIpc) is 3.47. The SMILES string of the molecule is CC(C)(C)c1ccc(N2c3cc(C(C)(C)C)ccc3B3c4ccc(C(C)(C)C)cc4N(c4cccc(-c5cccc6c5C(C)(C)c5ccccc5-6)c4)c4cc(C(C)(C)C)cc2c43)cc1. The fourth-order valence-electron chi connectivity index (χ4n) is 10.9. The van der Waals surface area contributed by atoms with E-state index >= 15 is 0 Å². The molecular weight excluding hydrogens is 771 g/mol. The number of fused-ring (bicyclic) bond motifs is 7. The fraction of sp³-hybridized carbons (Fsp3) is 0.311. The zero-order valence-corrected chi connectivity index (χ0v) is 40.8. The zero-order chi connectivity index (χ0) is 45.5. The monoisotopic (exact) mass is 837 g/mol. The third kappa shape index (κ3) is 6.59. The van der Waals surface area contributed by atoms with Crippen LogP contribution in [0.1, 0.15) is 130 Å². The van der Waals surface area contributed by atoms with Gasteiger partial charge in [-0.1, -0.05) is 188 Å². The molecule has 0 amide bonds. The molecule has 3 aliphatic rings. The van der Waals surface area contributed by atoms with E-state index in [0.717, 1.165) is 0 Å². The molecule has 3 heteroatoms. The van der Waals surface area contributed by atoms with Gasteiger partial charge >= 0.3 is 0 Å². The van der Waals surface area contributed by atoms with Crippen molar-refractivity contribution in [3.05, 3.63) is 173 Å². The van der Waals surface area contributed by atoms with Crippen molar-refractivity contribution in [2.24, 2.45) is 0 Å². The van der Waals surface area contributed by atoms with E-state index in [1.807, 2.05) is 0 Å². The van der Waals surface area contributed by atoms with Crippen molar-refractivity contribution in [1.82, 2.24) is 0 Å². The molecule has 64 heavy (non-hydrogen) atoms. The van der Waals surface area contributed by atoms with Crippen LogP contribution in [0.25, 0.3) is 22.3 Å². The number of benzene rings is 7. The van der Waals surface area contributed by atoms with Crippen molar-refractivity contribution in [1.29, 1.82) is 0 Å². The topological polar surface area (TPSA) is 6.48 Å². The van der Waals surface area contributed by atoms with Crippen molar-refractivity contribution in [2.75, 3.05) is 9.80 Å². The van der Waals surface area contributed by atoms with Crippen LogP contribution in [0.2, 0.25) is 0 Å². The molecule has 0 atom stereocenters. The lowest BCUT2D eigenvalue weighted by atomic mass is 9.33. The first kappa shape index (κ1) is 42.2. The van der Waals surface area contributed by atoms with Crippen LogP contribution in [0.5, 0.6) is 0 Å². The predicted molar refractivity (Wildman–Crippen MR) is 278 cm³/mol. The van der Waals surface area contributed by atoms with Crippen molar-refractivity contribution in [3.63, 3.8) is 0 Å². The van der Waals surface area contributed by atoms with Gasteiger partial charge in [0.15, 0.2) is 0 Å². The summed E-state index contributed by atoms with van der Waals surface area (Å²) in [5.74, 6) is 0. The highest BCUT2D eigenvalue weighted by molar-refractivity contribution is 7.00. The van der Waals surface area contributed by atoms with E-state index in [9.17, 15) is 0 Å². The summed E-state index contributed by atoms with van der Waals surface area (Å²) < 4.78 is 0. The van der Waals surface area contributed by atoms with Gasteiger partial charge in [-0.2, -0.15) is 0 Å². The van der Waals surface area contributed by atoms with E-state index in [1.165, 1.54) is 106 Å². The lowest BCUT2D eigenvalue weighted by molar-refractivity contribution is 0.589. The third-order valence-corrected chi connectivity index (χ3v) is 14.7. The Morgan fingerprint density at radius 3 is 1.42 bits per heavy atom. The van der Waals surface area contributed by atoms with Crippen LogP contribution in [0.4, 0.5) is 34.1 Å². The molecule has 7 aromatic carbocycles. The molecule has 7 aromatic rings. The number of nitrogens with zero attached hydrogens (tertiary/aromatic N) is 2. The Hall–Kier alpha value is -5.80. The summed E-state index contributed by atoms with van der Waals surface area (Å²) in [5.41, 5.74) is 24.7. The molecule has 0 saturated carbocycles. The smallest absolute Gasteiger partial charge is 0.252 e. The second-order valence-electron chi connectivity index (χ2n) is 23.6. The molecule has 10 rings (SSSR count). The first-order chi connectivity index (χ1) is 30.0. The molecule has 322 valence electrons.